The molecule has 114 valence electrons. The monoisotopic (exact) mass is 298 g/mol. The zero-order valence-electron chi connectivity index (χ0n) is 12.6. The van der Waals surface area contributed by atoms with Crippen molar-refractivity contribution in [2.24, 2.45) is 11.3 Å². The molecule has 0 aromatic rings. The number of thioether (sulfide) groups is 1. The summed E-state index contributed by atoms with van der Waals surface area (Å²) in [5, 5.41) is 11.4. The maximum atomic E-state index is 12.7. The molecule has 4 nitrogen and oxygen atoms in total. The third-order valence-electron chi connectivity index (χ3n) is 4.24. The Kier molecular flexibility index (Phi) is 4.67. The lowest BCUT2D eigenvalue weighted by Gasteiger charge is -2.39. The molecule has 1 amide bonds. The summed E-state index contributed by atoms with van der Waals surface area (Å²) < 4.78 is 0. The molecule has 0 radical (unpaired) electrons. The van der Waals surface area contributed by atoms with E-state index in [4.69, 9.17) is 0 Å². The van der Waals surface area contributed by atoms with E-state index < -0.39 is 17.4 Å². The largest absolute Gasteiger partial charge is 0.548 e. The van der Waals surface area contributed by atoms with Crippen molar-refractivity contribution in [2.45, 2.75) is 64.3 Å². The first-order chi connectivity index (χ1) is 9.32. The van der Waals surface area contributed by atoms with Crippen LogP contribution in [0.2, 0.25) is 0 Å². The summed E-state index contributed by atoms with van der Waals surface area (Å²) in [5.74, 6) is -0.282. The lowest BCUT2D eigenvalue weighted by atomic mass is 9.87. The van der Waals surface area contributed by atoms with Gasteiger partial charge in [0.2, 0.25) is 5.91 Å². The smallest absolute Gasteiger partial charge is 0.229 e. The summed E-state index contributed by atoms with van der Waals surface area (Å²) in [6.45, 7) is 5.55. The van der Waals surface area contributed by atoms with Crippen LogP contribution in [0, 0.1) is 11.3 Å². The molecule has 2 atom stereocenters. The molecule has 0 unspecified atom stereocenters. The number of hydrogen-bond acceptors (Lipinski definition) is 4. The number of carboxylic acids is 1. The van der Waals surface area contributed by atoms with Gasteiger partial charge in [0, 0.05) is 11.2 Å². The first kappa shape index (κ1) is 15.7. The zero-order chi connectivity index (χ0) is 14.9. The van der Waals surface area contributed by atoms with Crippen LogP contribution >= 0.6 is 11.8 Å². The minimum Gasteiger partial charge on any atom is -0.548 e. The molecule has 2 rings (SSSR count). The second-order valence-electron chi connectivity index (χ2n) is 6.92. The first-order valence-electron chi connectivity index (χ1n) is 7.47. The Morgan fingerprint density at radius 1 is 1.15 bits per heavy atom. The Hall–Kier alpha value is -0.710. The summed E-state index contributed by atoms with van der Waals surface area (Å²) in [6.07, 6.45) is 5.84. The van der Waals surface area contributed by atoms with Crippen molar-refractivity contribution in [2.75, 3.05) is 5.75 Å². The van der Waals surface area contributed by atoms with E-state index in [0.29, 0.717) is 11.7 Å². The summed E-state index contributed by atoms with van der Waals surface area (Å²) in [4.78, 5) is 25.6. The summed E-state index contributed by atoms with van der Waals surface area (Å²) in [6, 6.07) is -0.765. The summed E-state index contributed by atoms with van der Waals surface area (Å²) >= 11 is 1.62. The second kappa shape index (κ2) is 5.96. The van der Waals surface area contributed by atoms with Crippen LogP contribution in [0.25, 0.3) is 0 Å². The van der Waals surface area contributed by atoms with Crippen LogP contribution in [-0.4, -0.2) is 33.9 Å². The average Bonchev–Trinajstić information content (AvgIpc) is 2.82. The molecule has 1 aliphatic carbocycles. The van der Waals surface area contributed by atoms with Crippen molar-refractivity contribution in [1.29, 1.82) is 0 Å². The molecule has 20 heavy (non-hydrogen) atoms. The highest BCUT2D eigenvalue weighted by Crippen LogP contribution is 2.42. The van der Waals surface area contributed by atoms with E-state index in [1.807, 2.05) is 20.8 Å². The van der Waals surface area contributed by atoms with Crippen LogP contribution in [0.15, 0.2) is 0 Å². The van der Waals surface area contributed by atoms with Gasteiger partial charge in [0.05, 0.1) is 17.4 Å². The van der Waals surface area contributed by atoms with Crippen LogP contribution in [0.4, 0.5) is 0 Å². The maximum Gasteiger partial charge on any atom is 0.229 e. The van der Waals surface area contributed by atoms with E-state index >= 15 is 0 Å². The zero-order valence-corrected chi connectivity index (χ0v) is 13.4. The van der Waals surface area contributed by atoms with Crippen molar-refractivity contribution < 1.29 is 14.7 Å². The SMILES string of the molecule is CC(C)(C)C(=O)N1[C@@H](C2CCCCC2)SC[C@H]1C(=O)[O-]. The number of carbonyl (C=O) groups excluding carboxylic acids is 2. The van der Waals surface area contributed by atoms with Gasteiger partial charge in [-0.15, -0.1) is 11.8 Å². The van der Waals surface area contributed by atoms with Crippen molar-refractivity contribution in [3.8, 4) is 0 Å². The van der Waals surface area contributed by atoms with Crippen LogP contribution in [0.1, 0.15) is 52.9 Å². The third kappa shape index (κ3) is 3.13. The minimum atomic E-state index is -1.12. The fourth-order valence-electron chi connectivity index (χ4n) is 3.14. The molecule has 1 saturated carbocycles. The van der Waals surface area contributed by atoms with Gasteiger partial charge in [0.25, 0.3) is 0 Å². The first-order valence-corrected chi connectivity index (χ1v) is 8.52. The van der Waals surface area contributed by atoms with Gasteiger partial charge in [0.1, 0.15) is 0 Å². The van der Waals surface area contributed by atoms with Gasteiger partial charge in [-0.3, -0.25) is 4.79 Å². The molecule has 0 spiro atoms. The molecule has 1 saturated heterocycles. The molecule has 2 fully saturated rings. The Morgan fingerprint density at radius 2 is 1.75 bits per heavy atom. The molecule has 2 aliphatic rings. The summed E-state index contributed by atoms with van der Waals surface area (Å²) in [7, 11) is 0. The second-order valence-corrected chi connectivity index (χ2v) is 8.07. The average molecular weight is 298 g/mol. The van der Waals surface area contributed by atoms with Gasteiger partial charge >= 0.3 is 0 Å². The van der Waals surface area contributed by atoms with E-state index in [0.717, 1.165) is 12.8 Å². The number of amides is 1. The minimum absolute atomic E-state index is 0.0184. The molecule has 1 heterocycles. The fraction of sp³-hybridized carbons (Fsp3) is 0.867. The number of carbonyl (C=O) groups is 2. The number of nitrogens with zero attached hydrogens (tertiary/aromatic N) is 1. The number of hydrogen-bond donors (Lipinski definition) is 0. The quantitative estimate of drug-likeness (QED) is 0.777. The van der Waals surface area contributed by atoms with Gasteiger partial charge in [0.15, 0.2) is 0 Å². The third-order valence-corrected chi connectivity index (χ3v) is 5.70. The molecule has 0 aromatic carbocycles. The highest BCUT2D eigenvalue weighted by atomic mass is 32.2. The van der Waals surface area contributed by atoms with E-state index in [9.17, 15) is 14.7 Å². The van der Waals surface area contributed by atoms with E-state index in [-0.39, 0.29) is 11.3 Å². The van der Waals surface area contributed by atoms with Crippen molar-refractivity contribution in [1.82, 2.24) is 4.90 Å². The molecule has 0 N–H and O–H groups in total. The Morgan fingerprint density at radius 3 is 2.25 bits per heavy atom. The van der Waals surface area contributed by atoms with Gasteiger partial charge in [-0.2, -0.15) is 0 Å². The maximum absolute atomic E-state index is 12.7. The van der Waals surface area contributed by atoms with Crippen LogP contribution in [-0.2, 0) is 9.59 Å². The van der Waals surface area contributed by atoms with Gasteiger partial charge < -0.3 is 14.8 Å². The topological polar surface area (TPSA) is 60.4 Å². The highest BCUT2D eigenvalue weighted by molar-refractivity contribution is 8.00. The van der Waals surface area contributed by atoms with Crippen molar-refractivity contribution in [3.05, 3.63) is 0 Å². The summed E-state index contributed by atoms with van der Waals surface area (Å²) in [5.41, 5.74) is -0.550. The molecule has 0 aromatic heterocycles. The van der Waals surface area contributed by atoms with Gasteiger partial charge in [-0.1, -0.05) is 40.0 Å². The Bertz CT molecular complexity index is 385. The molecular weight excluding hydrogens is 274 g/mol. The van der Waals surface area contributed by atoms with Crippen LogP contribution < -0.4 is 5.11 Å². The number of carboxylic acid groups (broad SMARTS) is 1. The normalized spacial score (nSPS) is 28.6. The van der Waals surface area contributed by atoms with Gasteiger partial charge in [-0.25, -0.2) is 0 Å². The Labute approximate surface area is 125 Å². The predicted molar refractivity (Wildman–Crippen MR) is 77.9 cm³/mol. The number of rotatable bonds is 2. The lowest BCUT2D eigenvalue weighted by Crippen LogP contribution is -2.55. The van der Waals surface area contributed by atoms with Crippen molar-refractivity contribution in [3.63, 3.8) is 0 Å². The molecule has 5 heteroatoms. The van der Waals surface area contributed by atoms with Crippen LogP contribution in [0.3, 0.4) is 0 Å². The highest BCUT2D eigenvalue weighted by Gasteiger charge is 2.45. The standard InChI is InChI=1S/C15H25NO3S/c1-15(2,3)14(19)16-11(13(17)18)9-20-12(16)10-7-5-4-6-8-10/h10-12H,4-9H2,1-3H3,(H,17,18)/p-1/t11-,12+/m0/s1. The van der Waals surface area contributed by atoms with E-state index in [2.05, 4.69) is 0 Å². The predicted octanol–water partition coefficient (Wildman–Crippen LogP) is 1.63. The molecule has 0 bridgehead atoms. The van der Waals surface area contributed by atoms with Gasteiger partial charge in [-0.05, 0) is 18.8 Å². The molecule has 1 aliphatic heterocycles. The lowest BCUT2D eigenvalue weighted by molar-refractivity contribution is -0.310. The number of aliphatic carboxylic acids is 1. The van der Waals surface area contributed by atoms with E-state index in [1.165, 1.54) is 19.3 Å². The van der Waals surface area contributed by atoms with Crippen LogP contribution in [0.5, 0.6) is 0 Å². The fourth-order valence-corrected chi connectivity index (χ4v) is 4.76. The Balaban J connectivity index is 2.22. The van der Waals surface area contributed by atoms with E-state index in [1.54, 1.807) is 16.7 Å². The van der Waals surface area contributed by atoms with Crippen molar-refractivity contribution >= 4 is 23.6 Å². The molecular formula is C15H24NO3S-.